The standard InChI is InChI=1S/C26H25FN8O3/c1-15-5-4-6-16-11-18(35(26(37)21(15)16)20-8-3-2-7-19(20)27)14-34-25(32-38)22(24(28)29)23(31-34)17-12-30-33(13-17)9-10-36/h2-8,11-13,32,36,38H,9-10,14H2,1H3,(H3,28,29). The largest absolute Gasteiger partial charge is 0.394 e. The van der Waals surface area contributed by atoms with Crippen LogP contribution in [0.1, 0.15) is 16.8 Å². The summed E-state index contributed by atoms with van der Waals surface area (Å²) in [6.45, 7) is 1.88. The molecule has 5 rings (SSSR count). The number of halogens is 1. The van der Waals surface area contributed by atoms with Gasteiger partial charge in [-0.25, -0.2) is 9.07 Å². The van der Waals surface area contributed by atoms with E-state index in [0.717, 1.165) is 5.56 Å². The van der Waals surface area contributed by atoms with Crippen LogP contribution in [0.25, 0.3) is 27.7 Å². The number of nitrogens with two attached hydrogens (primary N) is 1. The molecule has 2 aromatic carbocycles. The van der Waals surface area contributed by atoms with Crippen LogP contribution in [-0.4, -0.2) is 46.9 Å². The molecule has 0 unspecified atom stereocenters. The molecule has 194 valence electrons. The first-order valence-corrected chi connectivity index (χ1v) is 11.7. The third-order valence-corrected chi connectivity index (χ3v) is 6.30. The van der Waals surface area contributed by atoms with E-state index in [-0.39, 0.29) is 48.3 Å². The number of amidine groups is 1. The highest BCUT2D eigenvalue weighted by Gasteiger charge is 2.24. The van der Waals surface area contributed by atoms with Crippen LogP contribution in [0.3, 0.4) is 0 Å². The number of benzene rings is 2. The van der Waals surface area contributed by atoms with E-state index in [1.54, 1.807) is 30.5 Å². The maximum absolute atomic E-state index is 15.0. The first-order valence-electron chi connectivity index (χ1n) is 11.7. The van der Waals surface area contributed by atoms with Crippen molar-refractivity contribution in [2.24, 2.45) is 5.73 Å². The lowest BCUT2D eigenvalue weighted by atomic mass is 10.1. The lowest BCUT2D eigenvalue weighted by Crippen LogP contribution is -2.25. The Labute approximate surface area is 215 Å². The van der Waals surface area contributed by atoms with Crippen molar-refractivity contribution in [1.82, 2.24) is 24.1 Å². The number of pyridine rings is 1. The Morgan fingerprint density at radius 3 is 2.71 bits per heavy atom. The van der Waals surface area contributed by atoms with E-state index in [9.17, 15) is 19.5 Å². The molecule has 11 nitrogen and oxygen atoms in total. The molecule has 0 spiro atoms. The number of nitrogens with zero attached hydrogens (tertiary/aromatic N) is 5. The van der Waals surface area contributed by atoms with Crippen molar-refractivity contribution < 1.29 is 14.7 Å². The molecule has 0 aliphatic heterocycles. The number of para-hydroxylation sites is 1. The van der Waals surface area contributed by atoms with Crippen molar-refractivity contribution >= 4 is 22.4 Å². The summed E-state index contributed by atoms with van der Waals surface area (Å²) >= 11 is 0. The summed E-state index contributed by atoms with van der Waals surface area (Å²) in [7, 11) is 0. The van der Waals surface area contributed by atoms with Gasteiger partial charge in [-0.2, -0.15) is 10.2 Å². The molecule has 38 heavy (non-hydrogen) atoms. The summed E-state index contributed by atoms with van der Waals surface area (Å²) in [5.74, 6) is -0.927. The van der Waals surface area contributed by atoms with Crippen molar-refractivity contribution in [2.45, 2.75) is 20.0 Å². The predicted molar refractivity (Wildman–Crippen MR) is 140 cm³/mol. The van der Waals surface area contributed by atoms with Crippen molar-refractivity contribution in [3.8, 4) is 16.9 Å². The van der Waals surface area contributed by atoms with E-state index in [1.807, 2.05) is 19.1 Å². The van der Waals surface area contributed by atoms with Crippen LogP contribution in [0.2, 0.25) is 0 Å². The highest BCUT2D eigenvalue weighted by Crippen LogP contribution is 2.30. The van der Waals surface area contributed by atoms with Crippen LogP contribution in [0.15, 0.2) is 65.7 Å². The fraction of sp³-hybridized carbons (Fsp3) is 0.154. The van der Waals surface area contributed by atoms with E-state index in [2.05, 4.69) is 15.7 Å². The zero-order valence-corrected chi connectivity index (χ0v) is 20.4. The zero-order valence-electron chi connectivity index (χ0n) is 20.4. The quantitative estimate of drug-likeness (QED) is 0.120. The zero-order chi connectivity index (χ0) is 27.0. The van der Waals surface area contributed by atoms with Gasteiger partial charge in [-0.05, 0) is 36.1 Å². The number of nitrogen functional groups attached to an aromatic ring is 1. The number of hydrogen-bond donors (Lipinski definition) is 5. The summed E-state index contributed by atoms with van der Waals surface area (Å²) in [5, 5.41) is 37.2. The topological polar surface area (TPSA) is 160 Å². The number of aryl methyl sites for hydroxylation is 1. The fourth-order valence-electron chi connectivity index (χ4n) is 4.61. The molecule has 0 aliphatic carbocycles. The maximum atomic E-state index is 15.0. The number of fused-ring (bicyclic) bond motifs is 1. The minimum Gasteiger partial charge on any atom is -0.394 e. The van der Waals surface area contributed by atoms with Gasteiger partial charge < -0.3 is 10.8 Å². The Morgan fingerprint density at radius 1 is 1.21 bits per heavy atom. The van der Waals surface area contributed by atoms with Gasteiger partial charge in [0.25, 0.3) is 5.56 Å². The molecule has 3 heterocycles. The van der Waals surface area contributed by atoms with Crippen molar-refractivity contribution in [3.63, 3.8) is 0 Å². The highest BCUT2D eigenvalue weighted by atomic mass is 19.1. The molecule has 0 saturated heterocycles. The van der Waals surface area contributed by atoms with Crippen molar-refractivity contribution in [1.29, 1.82) is 5.41 Å². The molecular weight excluding hydrogens is 491 g/mol. The van der Waals surface area contributed by atoms with E-state index in [0.29, 0.717) is 22.0 Å². The number of aliphatic hydroxyl groups excluding tert-OH is 1. The molecule has 5 aromatic rings. The second-order valence-electron chi connectivity index (χ2n) is 8.74. The normalized spacial score (nSPS) is 11.3. The molecule has 6 N–H and O–H groups in total. The van der Waals surface area contributed by atoms with E-state index < -0.39 is 11.4 Å². The molecule has 0 fully saturated rings. The Kier molecular flexibility index (Phi) is 6.49. The van der Waals surface area contributed by atoms with E-state index in [4.69, 9.17) is 11.1 Å². The number of aliphatic hydroxyl groups is 1. The Balaban J connectivity index is 1.74. The van der Waals surface area contributed by atoms with Crippen LogP contribution in [-0.2, 0) is 13.1 Å². The second-order valence-corrected chi connectivity index (χ2v) is 8.74. The van der Waals surface area contributed by atoms with Gasteiger partial charge in [0.15, 0.2) is 5.82 Å². The minimum absolute atomic E-state index is 0.0132. The summed E-state index contributed by atoms with van der Waals surface area (Å²) in [6, 6.07) is 13.2. The Bertz CT molecular complexity index is 1740. The van der Waals surface area contributed by atoms with Gasteiger partial charge in [0.1, 0.15) is 17.3 Å². The number of nitrogens with one attached hydrogen (secondary N) is 2. The van der Waals surface area contributed by atoms with Crippen molar-refractivity contribution in [2.75, 3.05) is 12.1 Å². The van der Waals surface area contributed by atoms with Crippen molar-refractivity contribution in [3.05, 3.63) is 93.9 Å². The molecule has 12 heteroatoms. The smallest absolute Gasteiger partial charge is 0.263 e. The molecular formula is C26H25FN8O3. The summed E-state index contributed by atoms with van der Waals surface area (Å²) in [6.07, 6.45) is 3.13. The van der Waals surface area contributed by atoms with Gasteiger partial charge in [-0.1, -0.05) is 30.3 Å². The van der Waals surface area contributed by atoms with Crippen LogP contribution in [0, 0.1) is 18.2 Å². The monoisotopic (exact) mass is 516 g/mol. The van der Waals surface area contributed by atoms with Gasteiger partial charge in [-0.15, -0.1) is 0 Å². The summed E-state index contributed by atoms with van der Waals surface area (Å²) in [4.78, 5) is 13.7. The molecule has 0 bridgehead atoms. The lowest BCUT2D eigenvalue weighted by Gasteiger charge is -2.17. The number of anilines is 1. The molecule has 0 amide bonds. The van der Waals surface area contributed by atoms with Gasteiger partial charge in [0.2, 0.25) is 0 Å². The molecule has 0 saturated carbocycles. The minimum atomic E-state index is -0.578. The molecule has 0 radical (unpaired) electrons. The van der Waals surface area contributed by atoms with Gasteiger partial charge in [0, 0.05) is 17.5 Å². The Hall–Kier alpha value is -4.81. The third kappa shape index (κ3) is 4.21. The molecule has 3 aromatic heterocycles. The number of rotatable bonds is 8. The first kappa shape index (κ1) is 24.9. The first-order chi connectivity index (χ1) is 18.3. The average molecular weight is 517 g/mol. The number of hydrogen-bond acceptors (Lipinski definition) is 7. The third-order valence-electron chi connectivity index (χ3n) is 6.30. The molecule has 0 atom stereocenters. The van der Waals surface area contributed by atoms with Crippen LogP contribution < -0.4 is 16.8 Å². The lowest BCUT2D eigenvalue weighted by molar-refractivity contribution is 0.269. The SMILES string of the molecule is Cc1cccc2cc(Cn3nc(-c4cnn(CCO)c4)c(C(=N)N)c3NO)n(-c3ccccc3F)c(=O)c12. The molecule has 0 aliphatic rings. The predicted octanol–water partition coefficient (Wildman–Crippen LogP) is 2.62. The van der Waals surface area contributed by atoms with Gasteiger partial charge in [0.05, 0.1) is 42.5 Å². The van der Waals surface area contributed by atoms with E-state index >= 15 is 0 Å². The maximum Gasteiger partial charge on any atom is 0.263 e. The van der Waals surface area contributed by atoms with Crippen LogP contribution in [0.5, 0.6) is 0 Å². The van der Waals surface area contributed by atoms with Gasteiger partial charge >= 0.3 is 0 Å². The second kappa shape index (κ2) is 9.92. The summed E-state index contributed by atoms with van der Waals surface area (Å²) in [5.41, 5.74) is 9.62. The number of aromatic nitrogens is 5. The summed E-state index contributed by atoms with van der Waals surface area (Å²) < 4.78 is 19.1. The highest BCUT2D eigenvalue weighted by molar-refractivity contribution is 6.05. The van der Waals surface area contributed by atoms with E-state index in [1.165, 1.54) is 32.3 Å². The average Bonchev–Trinajstić information content (AvgIpc) is 3.49. The van der Waals surface area contributed by atoms with Crippen LogP contribution in [0.4, 0.5) is 10.2 Å². The van der Waals surface area contributed by atoms with Gasteiger partial charge in [-0.3, -0.25) is 30.1 Å². The fourth-order valence-corrected chi connectivity index (χ4v) is 4.61. The van der Waals surface area contributed by atoms with Crippen LogP contribution >= 0.6 is 0 Å². The Morgan fingerprint density at radius 2 is 2.00 bits per heavy atom.